The molecular weight excluding hydrogens is 241 g/mol. The van der Waals surface area contributed by atoms with Crippen molar-refractivity contribution in [1.29, 1.82) is 0 Å². The van der Waals surface area contributed by atoms with Gasteiger partial charge in [0.25, 0.3) is 0 Å². The van der Waals surface area contributed by atoms with Gasteiger partial charge >= 0.3 is 6.18 Å². The van der Waals surface area contributed by atoms with Crippen molar-refractivity contribution in [3.8, 4) is 0 Å². The van der Waals surface area contributed by atoms with Crippen LogP contribution in [0.1, 0.15) is 15.6 Å². The smallest absolute Gasteiger partial charge is 0.372 e. The predicted molar refractivity (Wildman–Crippen MR) is 55.3 cm³/mol. The molecule has 2 N–H and O–H groups in total. The first-order valence-electron chi connectivity index (χ1n) is 4.72. The zero-order valence-corrected chi connectivity index (χ0v) is 9.62. The fraction of sp³-hybridized carbons (Fsp3) is 0.667. The van der Waals surface area contributed by atoms with Crippen LogP contribution in [-0.2, 0) is 17.7 Å². The molecule has 0 saturated carbocycles. The Morgan fingerprint density at radius 1 is 1.44 bits per heavy atom. The van der Waals surface area contributed by atoms with Gasteiger partial charge in [-0.1, -0.05) is 0 Å². The van der Waals surface area contributed by atoms with Gasteiger partial charge < -0.3 is 10.5 Å². The van der Waals surface area contributed by atoms with Gasteiger partial charge in [-0.15, -0.1) is 11.3 Å². The first-order valence-corrected chi connectivity index (χ1v) is 5.54. The minimum absolute atomic E-state index is 0.0243. The van der Waals surface area contributed by atoms with Crippen LogP contribution in [0, 0.1) is 6.92 Å². The van der Waals surface area contributed by atoms with Crippen LogP contribution in [0.25, 0.3) is 0 Å². The molecule has 0 spiro atoms. The van der Waals surface area contributed by atoms with Gasteiger partial charge in [-0.2, -0.15) is 13.2 Å². The fourth-order valence-corrected chi connectivity index (χ4v) is 2.06. The molecule has 92 valence electrons. The van der Waals surface area contributed by atoms with E-state index in [1.54, 1.807) is 0 Å². The molecule has 0 unspecified atom stereocenters. The minimum Gasteiger partial charge on any atom is -0.372 e. The summed E-state index contributed by atoms with van der Waals surface area (Å²) in [5.74, 6) is 0. The van der Waals surface area contributed by atoms with Gasteiger partial charge in [0.15, 0.2) is 0 Å². The molecule has 0 atom stereocenters. The lowest BCUT2D eigenvalue weighted by Crippen LogP contribution is -2.17. The van der Waals surface area contributed by atoms with Crippen LogP contribution in [0.5, 0.6) is 0 Å². The number of nitrogens with zero attached hydrogens (tertiary/aromatic N) is 1. The molecule has 0 fully saturated rings. The van der Waals surface area contributed by atoms with Crippen molar-refractivity contribution in [1.82, 2.24) is 4.98 Å². The third-order valence-electron chi connectivity index (χ3n) is 1.85. The van der Waals surface area contributed by atoms with Crippen molar-refractivity contribution in [3.63, 3.8) is 0 Å². The molecule has 1 aromatic rings. The molecular formula is C9H13F3N2OS. The Hall–Kier alpha value is -0.660. The average molecular weight is 254 g/mol. The quantitative estimate of drug-likeness (QED) is 0.818. The summed E-state index contributed by atoms with van der Waals surface area (Å²) in [4.78, 5) is 5.16. The van der Waals surface area contributed by atoms with Crippen molar-refractivity contribution in [2.24, 2.45) is 5.73 Å². The molecule has 0 bridgehead atoms. The number of nitrogens with two attached hydrogens (primary N) is 1. The number of thiazole rings is 1. The molecule has 1 aromatic heterocycles. The monoisotopic (exact) mass is 254 g/mol. The van der Waals surface area contributed by atoms with E-state index in [9.17, 15) is 13.2 Å². The highest BCUT2D eigenvalue weighted by Gasteiger charge is 2.27. The molecule has 0 amide bonds. The highest BCUT2D eigenvalue weighted by Crippen LogP contribution is 2.18. The molecule has 0 aromatic carbocycles. The lowest BCUT2D eigenvalue weighted by molar-refractivity contribution is -0.173. The van der Waals surface area contributed by atoms with Crippen LogP contribution in [-0.4, -0.2) is 24.4 Å². The van der Waals surface area contributed by atoms with Gasteiger partial charge in [-0.3, -0.25) is 0 Å². The van der Waals surface area contributed by atoms with Crippen LogP contribution in [0.3, 0.4) is 0 Å². The van der Waals surface area contributed by atoms with E-state index in [0.717, 1.165) is 15.6 Å². The number of alkyl halides is 3. The van der Waals surface area contributed by atoms with E-state index >= 15 is 0 Å². The molecule has 0 aliphatic carbocycles. The Labute approximate surface area is 95.4 Å². The lowest BCUT2D eigenvalue weighted by atomic mass is 10.4. The molecule has 1 heterocycles. The lowest BCUT2D eigenvalue weighted by Gasteiger charge is -2.05. The largest absolute Gasteiger partial charge is 0.411 e. The Balaban J connectivity index is 2.32. The number of rotatable bonds is 5. The number of hydrogen-bond donors (Lipinski definition) is 1. The number of ether oxygens (including phenoxy) is 1. The van der Waals surface area contributed by atoms with Crippen molar-refractivity contribution in [2.75, 3.05) is 13.2 Å². The zero-order chi connectivity index (χ0) is 12.2. The Kier molecular flexibility index (Phi) is 4.69. The number of aryl methyl sites for hydroxylation is 1. The summed E-state index contributed by atoms with van der Waals surface area (Å²) in [6.45, 7) is 1.06. The summed E-state index contributed by atoms with van der Waals surface area (Å²) in [6, 6.07) is 0. The van der Waals surface area contributed by atoms with E-state index in [2.05, 4.69) is 9.72 Å². The maximum atomic E-state index is 11.7. The highest BCUT2D eigenvalue weighted by atomic mass is 32.1. The molecule has 0 saturated heterocycles. The van der Waals surface area contributed by atoms with E-state index in [0.29, 0.717) is 13.0 Å². The second-order valence-corrected chi connectivity index (χ2v) is 4.41. The fourth-order valence-electron chi connectivity index (χ4n) is 1.13. The van der Waals surface area contributed by atoms with E-state index in [-0.39, 0.29) is 6.61 Å². The summed E-state index contributed by atoms with van der Waals surface area (Å²) in [5, 5.41) is 0.764. The third-order valence-corrected chi connectivity index (χ3v) is 3.09. The van der Waals surface area contributed by atoms with Crippen LogP contribution in [0.15, 0.2) is 0 Å². The second kappa shape index (κ2) is 5.60. The Morgan fingerprint density at radius 3 is 2.62 bits per heavy atom. The Bertz CT molecular complexity index is 338. The second-order valence-electron chi connectivity index (χ2n) is 3.24. The number of aromatic nitrogens is 1. The topological polar surface area (TPSA) is 48.1 Å². The molecule has 16 heavy (non-hydrogen) atoms. The molecule has 0 aliphatic heterocycles. The van der Waals surface area contributed by atoms with Crippen molar-refractivity contribution in [3.05, 3.63) is 15.6 Å². The van der Waals surface area contributed by atoms with Crippen molar-refractivity contribution < 1.29 is 17.9 Å². The summed E-state index contributed by atoms with van der Waals surface area (Å²) < 4.78 is 39.7. The first-order chi connectivity index (χ1) is 7.42. The van der Waals surface area contributed by atoms with Crippen LogP contribution < -0.4 is 5.73 Å². The van der Waals surface area contributed by atoms with E-state index < -0.39 is 12.8 Å². The van der Waals surface area contributed by atoms with E-state index in [1.807, 2.05) is 6.92 Å². The van der Waals surface area contributed by atoms with Gasteiger partial charge in [0.2, 0.25) is 0 Å². The molecule has 3 nitrogen and oxygen atoms in total. The van der Waals surface area contributed by atoms with Gasteiger partial charge in [-0.25, -0.2) is 4.98 Å². The van der Waals surface area contributed by atoms with Gasteiger partial charge in [-0.05, 0) is 6.92 Å². The van der Waals surface area contributed by atoms with Gasteiger partial charge in [0, 0.05) is 17.8 Å². The van der Waals surface area contributed by atoms with Gasteiger partial charge in [0.05, 0.1) is 17.3 Å². The highest BCUT2D eigenvalue weighted by molar-refractivity contribution is 7.11. The summed E-state index contributed by atoms with van der Waals surface area (Å²) >= 11 is 1.42. The van der Waals surface area contributed by atoms with Crippen LogP contribution in [0.2, 0.25) is 0 Å². The standard InChI is InChI=1S/C9H13F3N2OS/c1-6-7(4-13)16-8(14-6)2-3-15-5-9(10,11)12/h2-5,13H2,1H3. The number of halogens is 3. The predicted octanol–water partition coefficient (Wildman–Crippen LogP) is 2.03. The van der Waals surface area contributed by atoms with Crippen LogP contribution in [0.4, 0.5) is 13.2 Å². The molecule has 0 aliphatic rings. The molecule has 0 radical (unpaired) electrons. The van der Waals surface area contributed by atoms with Gasteiger partial charge in [0.1, 0.15) is 6.61 Å². The Morgan fingerprint density at radius 2 is 2.12 bits per heavy atom. The average Bonchev–Trinajstić information content (AvgIpc) is 2.52. The maximum Gasteiger partial charge on any atom is 0.411 e. The molecule has 7 heteroatoms. The normalized spacial score (nSPS) is 12.1. The minimum atomic E-state index is -4.26. The molecule has 1 rings (SSSR count). The summed E-state index contributed by atoms with van der Waals surface area (Å²) in [7, 11) is 0. The zero-order valence-electron chi connectivity index (χ0n) is 8.80. The SMILES string of the molecule is Cc1nc(CCOCC(F)(F)F)sc1CN. The summed E-state index contributed by atoms with van der Waals surface area (Å²) in [5.41, 5.74) is 6.31. The van der Waals surface area contributed by atoms with E-state index in [1.165, 1.54) is 11.3 Å². The van der Waals surface area contributed by atoms with Crippen LogP contribution >= 0.6 is 11.3 Å². The van der Waals surface area contributed by atoms with E-state index in [4.69, 9.17) is 5.73 Å². The third kappa shape index (κ3) is 4.46. The number of hydrogen-bond acceptors (Lipinski definition) is 4. The van der Waals surface area contributed by atoms with Crippen molar-refractivity contribution in [2.45, 2.75) is 26.1 Å². The summed E-state index contributed by atoms with van der Waals surface area (Å²) in [6.07, 6.45) is -3.87. The van der Waals surface area contributed by atoms with Crippen molar-refractivity contribution >= 4 is 11.3 Å². The maximum absolute atomic E-state index is 11.7. The first kappa shape index (κ1) is 13.4.